The first-order valence-corrected chi connectivity index (χ1v) is 9.19. The maximum atomic E-state index is 11.0. The molecule has 0 saturated carbocycles. The molecule has 7 heteroatoms. The molecule has 0 aromatic heterocycles. The van der Waals surface area contributed by atoms with Gasteiger partial charge in [-0.3, -0.25) is 14.7 Å². The van der Waals surface area contributed by atoms with E-state index in [9.17, 15) is 15.0 Å². The van der Waals surface area contributed by atoms with Crippen LogP contribution in [0, 0.1) is 0 Å². The smallest absolute Gasteiger partial charge is 0.335 e. The van der Waals surface area contributed by atoms with Gasteiger partial charge in [0.1, 0.15) is 0 Å². The zero-order chi connectivity index (χ0) is 19.1. The number of carboxylic acid groups (broad SMARTS) is 1. The molecule has 1 aromatic rings. The third-order valence-corrected chi connectivity index (χ3v) is 4.52. The summed E-state index contributed by atoms with van der Waals surface area (Å²) < 4.78 is 0. The maximum Gasteiger partial charge on any atom is 0.335 e. The van der Waals surface area contributed by atoms with Gasteiger partial charge >= 0.3 is 5.97 Å². The molecule has 2 atom stereocenters. The quantitative estimate of drug-likeness (QED) is 0.649. The zero-order valence-electron chi connectivity index (χ0n) is 15.7. The fourth-order valence-corrected chi connectivity index (χ4v) is 3.32. The highest BCUT2D eigenvalue weighted by Gasteiger charge is 2.20. The van der Waals surface area contributed by atoms with E-state index in [-0.39, 0.29) is 6.10 Å². The van der Waals surface area contributed by atoms with E-state index in [1.807, 2.05) is 12.1 Å². The number of aliphatic hydroxyl groups is 2. The minimum Gasteiger partial charge on any atom is -0.478 e. The van der Waals surface area contributed by atoms with Crippen molar-refractivity contribution < 1.29 is 20.1 Å². The van der Waals surface area contributed by atoms with Gasteiger partial charge in [-0.25, -0.2) is 4.79 Å². The van der Waals surface area contributed by atoms with Gasteiger partial charge in [-0.15, -0.1) is 0 Å². The second-order valence-corrected chi connectivity index (χ2v) is 7.27. The van der Waals surface area contributed by atoms with Crippen LogP contribution in [0.3, 0.4) is 0 Å². The summed E-state index contributed by atoms with van der Waals surface area (Å²) in [6.45, 7) is 9.76. The topological polar surface area (TPSA) is 87.5 Å². The van der Waals surface area contributed by atoms with Crippen LogP contribution in [0.5, 0.6) is 0 Å². The van der Waals surface area contributed by atoms with Crippen molar-refractivity contribution in [1.29, 1.82) is 0 Å². The molecule has 0 unspecified atom stereocenters. The predicted octanol–water partition coefficient (Wildman–Crippen LogP) is 0.524. The van der Waals surface area contributed by atoms with Gasteiger partial charge in [-0.1, -0.05) is 12.1 Å². The number of hydrogen-bond acceptors (Lipinski definition) is 6. The molecule has 146 valence electrons. The Morgan fingerprint density at radius 1 is 0.923 bits per heavy atom. The fourth-order valence-electron chi connectivity index (χ4n) is 3.32. The molecule has 1 saturated heterocycles. The summed E-state index contributed by atoms with van der Waals surface area (Å²) in [5, 5.41) is 28.5. The number of hydrogen-bond donors (Lipinski definition) is 3. The third-order valence-electron chi connectivity index (χ3n) is 4.52. The second-order valence-electron chi connectivity index (χ2n) is 7.27. The molecule has 26 heavy (non-hydrogen) atoms. The van der Waals surface area contributed by atoms with E-state index < -0.39 is 12.1 Å². The normalized spacial score (nSPS) is 20.3. The van der Waals surface area contributed by atoms with Crippen molar-refractivity contribution in [2.75, 3.05) is 45.9 Å². The summed E-state index contributed by atoms with van der Waals surface area (Å²) in [7, 11) is 0. The Kier molecular flexibility index (Phi) is 7.99. The van der Waals surface area contributed by atoms with Crippen molar-refractivity contribution in [1.82, 2.24) is 14.7 Å². The first kappa shape index (κ1) is 20.8. The zero-order valence-corrected chi connectivity index (χ0v) is 15.7. The number of β-amino-alcohol motifs (C(OH)–C–C–N with tert-alkyl or cyclic N) is 2. The highest BCUT2D eigenvalue weighted by Crippen LogP contribution is 2.11. The highest BCUT2D eigenvalue weighted by atomic mass is 16.4. The summed E-state index contributed by atoms with van der Waals surface area (Å²) in [5.41, 5.74) is 1.36. The number of carboxylic acids is 1. The second kappa shape index (κ2) is 9.99. The van der Waals surface area contributed by atoms with E-state index in [1.165, 1.54) is 0 Å². The van der Waals surface area contributed by atoms with E-state index in [1.54, 1.807) is 26.0 Å². The summed E-state index contributed by atoms with van der Waals surface area (Å²) in [6.07, 6.45) is -0.756. The van der Waals surface area contributed by atoms with Crippen molar-refractivity contribution in [3.63, 3.8) is 0 Å². The first-order valence-electron chi connectivity index (χ1n) is 9.19. The molecule has 1 fully saturated rings. The van der Waals surface area contributed by atoms with Gasteiger partial charge in [-0.05, 0) is 31.5 Å². The lowest BCUT2D eigenvalue weighted by atomic mass is 10.1. The standard InChI is InChI=1S/C19H31N3O4/c1-15(23)11-20-7-9-21(12-16(2)24)14-22(10-8-20)13-17-3-5-18(6-4-17)19(25)26/h3-6,15-16,23-24H,7-14H2,1-2H3,(H,25,26)/t15-,16-/m0/s1. The molecular weight excluding hydrogens is 334 g/mol. The highest BCUT2D eigenvalue weighted by molar-refractivity contribution is 5.87. The van der Waals surface area contributed by atoms with Crippen LogP contribution in [0.4, 0.5) is 0 Å². The van der Waals surface area contributed by atoms with Gasteiger partial charge in [-0.2, -0.15) is 0 Å². The van der Waals surface area contributed by atoms with Crippen LogP contribution in [0.25, 0.3) is 0 Å². The molecule has 0 radical (unpaired) electrons. The van der Waals surface area contributed by atoms with Gasteiger partial charge in [0.25, 0.3) is 0 Å². The fraction of sp³-hybridized carbons (Fsp3) is 0.632. The molecule has 0 bridgehead atoms. The van der Waals surface area contributed by atoms with Crippen LogP contribution in [0.15, 0.2) is 24.3 Å². The molecule has 1 heterocycles. The van der Waals surface area contributed by atoms with Crippen LogP contribution < -0.4 is 0 Å². The van der Waals surface area contributed by atoms with Crippen LogP contribution >= 0.6 is 0 Å². The molecule has 0 amide bonds. The lowest BCUT2D eigenvalue weighted by molar-refractivity contribution is 0.0323. The summed E-state index contributed by atoms with van der Waals surface area (Å²) in [6, 6.07) is 6.98. The average Bonchev–Trinajstić information content (AvgIpc) is 2.54. The van der Waals surface area contributed by atoms with Gasteiger partial charge in [0.15, 0.2) is 0 Å². The molecule has 1 aromatic carbocycles. The molecule has 0 aliphatic carbocycles. The molecule has 1 aliphatic rings. The van der Waals surface area contributed by atoms with Gasteiger partial charge in [0.05, 0.1) is 24.4 Å². The Balaban J connectivity index is 2.04. The Morgan fingerprint density at radius 3 is 1.96 bits per heavy atom. The average molecular weight is 365 g/mol. The number of rotatable bonds is 7. The predicted molar refractivity (Wildman–Crippen MR) is 100 cm³/mol. The number of carbonyl (C=O) groups is 1. The van der Waals surface area contributed by atoms with Crippen molar-refractivity contribution >= 4 is 5.97 Å². The number of benzene rings is 1. The van der Waals surface area contributed by atoms with Crippen molar-refractivity contribution in [2.24, 2.45) is 0 Å². The van der Waals surface area contributed by atoms with Crippen LogP contribution in [0.1, 0.15) is 29.8 Å². The molecule has 7 nitrogen and oxygen atoms in total. The summed E-state index contributed by atoms with van der Waals surface area (Å²) in [4.78, 5) is 17.8. The van der Waals surface area contributed by atoms with E-state index >= 15 is 0 Å². The largest absolute Gasteiger partial charge is 0.478 e. The minimum atomic E-state index is -0.917. The summed E-state index contributed by atoms with van der Waals surface area (Å²) in [5.74, 6) is -0.917. The van der Waals surface area contributed by atoms with E-state index in [0.717, 1.165) is 45.0 Å². The summed E-state index contributed by atoms with van der Waals surface area (Å²) >= 11 is 0. The molecule has 1 aliphatic heterocycles. The third kappa shape index (κ3) is 7.01. The molecule has 0 spiro atoms. The van der Waals surface area contributed by atoms with E-state index in [4.69, 9.17) is 5.11 Å². The Morgan fingerprint density at radius 2 is 1.42 bits per heavy atom. The minimum absolute atomic E-state index is 0.292. The number of nitrogens with zero attached hydrogens (tertiary/aromatic N) is 3. The number of aliphatic hydroxyl groups excluding tert-OH is 2. The lowest BCUT2D eigenvalue weighted by Crippen LogP contribution is -2.50. The Bertz CT molecular complexity index is 562. The molecular formula is C19H31N3O4. The van der Waals surface area contributed by atoms with Crippen LogP contribution in [0.2, 0.25) is 0 Å². The molecule has 3 N–H and O–H groups in total. The first-order chi connectivity index (χ1) is 12.3. The Hall–Kier alpha value is -1.51. The monoisotopic (exact) mass is 365 g/mol. The van der Waals surface area contributed by atoms with Gasteiger partial charge in [0.2, 0.25) is 0 Å². The van der Waals surface area contributed by atoms with Crippen LogP contribution in [-0.2, 0) is 6.54 Å². The van der Waals surface area contributed by atoms with Crippen LogP contribution in [-0.4, -0.2) is 94.1 Å². The Labute approximate surface area is 155 Å². The van der Waals surface area contributed by atoms with Gasteiger partial charge in [0, 0.05) is 45.8 Å². The molecule has 2 rings (SSSR count). The van der Waals surface area contributed by atoms with E-state index in [2.05, 4.69) is 14.7 Å². The lowest BCUT2D eigenvalue weighted by Gasteiger charge is -2.37. The maximum absolute atomic E-state index is 11.0. The number of aromatic carboxylic acids is 1. The van der Waals surface area contributed by atoms with Crippen molar-refractivity contribution in [2.45, 2.75) is 32.6 Å². The van der Waals surface area contributed by atoms with Gasteiger partial charge < -0.3 is 15.3 Å². The SMILES string of the molecule is C[C@H](O)CN1CCN(Cc2ccc(C(=O)O)cc2)CN(C[C@H](C)O)CC1. The van der Waals surface area contributed by atoms with Crippen molar-refractivity contribution in [3.05, 3.63) is 35.4 Å². The van der Waals surface area contributed by atoms with Crippen molar-refractivity contribution in [3.8, 4) is 0 Å². The van der Waals surface area contributed by atoms with E-state index in [0.29, 0.717) is 18.7 Å².